The number of rotatable bonds is 6. The number of hydrogen-bond acceptors (Lipinski definition) is 4. The van der Waals surface area contributed by atoms with Crippen molar-refractivity contribution in [1.29, 1.82) is 0 Å². The molecule has 1 aliphatic carbocycles. The summed E-state index contributed by atoms with van der Waals surface area (Å²) >= 11 is 0. The molecule has 1 fully saturated rings. The minimum absolute atomic E-state index is 0. The van der Waals surface area contributed by atoms with Crippen LogP contribution in [-0.2, 0) is 11.4 Å². The molecule has 0 saturated heterocycles. The predicted molar refractivity (Wildman–Crippen MR) is 108 cm³/mol. The number of anilines is 1. The molecule has 0 unspecified atom stereocenters. The molecule has 1 aliphatic rings. The molecule has 0 bridgehead atoms. The predicted octanol–water partition coefficient (Wildman–Crippen LogP) is 3.96. The lowest BCUT2D eigenvalue weighted by Gasteiger charge is -2.15. The van der Waals surface area contributed by atoms with Crippen molar-refractivity contribution in [3.05, 3.63) is 54.4 Å². The zero-order valence-corrected chi connectivity index (χ0v) is 16.1. The van der Waals surface area contributed by atoms with Crippen molar-refractivity contribution in [1.82, 2.24) is 4.98 Å². The molecule has 0 spiro atoms. The Labute approximate surface area is 166 Å². The first kappa shape index (κ1) is 22.2. The molecule has 1 aromatic heterocycles. The average Bonchev–Trinajstić information content (AvgIpc) is 2.99. The lowest BCUT2D eigenvalue weighted by atomic mass is 10.00. The molecule has 1 saturated carbocycles. The summed E-state index contributed by atoms with van der Waals surface area (Å²) in [5.41, 5.74) is 7.78. The van der Waals surface area contributed by atoms with Crippen molar-refractivity contribution in [2.45, 2.75) is 38.3 Å². The third kappa shape index (κ3) is 6.48. The third-order valence-corrected chi connectivity index (χ3v) is 4.41. The van der Waals surface area contributed by atoms with Crippen LogP contribution in [-0.4, -0.2) is 16.9 Å². The topological polar surface area (TPSA) is 77.2 Å². The first-order valence-electron chi connectivity index (χ1n) is 8.38. The minimum atomic E-state index is 0. The molecular weight excluding hydrogens is 373 g/mol. The molecular formula is C19H25Cl2N3O2. The number of carbonyl (C=O) groups is 1. The number of hydrogen-bond donors (Lipinski definition) is 2. The van der Waals surface area contributed by atoms with Crippen molar-refractivity contribution < 1.29 is 9.53 Å². The number of amides is 1. The molecule has 1 aromatic carbocycles. The van der Waals surface area contributed by atoms with Crippen LogP contribution in [0, 0.1) is 5.92 Å². The van der Waals surface area contributed by atoms with E-state index in [1.54, 1.807) is 12.4 Å². The zero-order chi connectivity index (χ0) is 16.8. The number of nitrogens with two attached hydrogens (primary N) is 1. The highest BCUT2D eigenvalue weighted by atomic mass is 35.5. The largest absolute Gasteiger partial charge is 0.489 e. The fourth-order valence-corrected chi connectivity index (χ4v) is 3.08. The molecule has 1 amide bonds. The molecule has 3 rings (SSSR count). The van der Waals surface area contributed by atoms with Crippen molar-refractivity contribution in [2.24, 2.45) is 11.7 Å². The molecule has 142 valence electrons. The maximum absolute atomic E-state index is 12.2. The monoisotopic (exact) mass is 397 g/mol. The fraction of sp³-hybridized carbons (Fsp3) is 0.368. The Morgan fingerprint density at radius 2 is 2.08 bits per heavy atom. The van der Waals surface area contributed by atoms with Crippen molar-refractivity contribution in [2.75, 3.05) is 5.32 Å². The Balaban J connectivity index is 0.00000169. The van der Waals surface area contributed by atoms with E-state index in [0.29, 0.717) is 24.7 Å². The van der Waals surface area contributed by atoms with Gasteiger partial charge in [-0.05, 0) is 37.0 Å². The zero-order valence-electron chi connectivity index (χ0n) is 14.5. The fourth-order valence-electron chi connectivity index (χ4n) is 3.08. The maximum atomic E-state index is 12.2. The smallest absolute Gasteiger partial charge is 0.224 e. The van der Waals surface area contributed by atoms with Gasteiger partial charge in [0, 0.05) is 42.2 Å². The van der Waals surface area contributed by atoms with Crippen LogP contribution in [0.2, 0.25) is 0 Å². The van der Waals surface area contributed by atoms with Crippen LogP contribution < -0.4 is 15.8 Å². The summed E-state index contributed by atoms with van der Waals surface area (Å²) in [7, 11) is 0. The van der Waals surface area contributed by atoms with Crippen LogP contribution >= 0.6 is 24.8 Å². The Bertz CT molecular complexity index is 685. The van der Waals surface area contributed by atoms with Gasteiger partial charge in [-0.3, -0.25) is 9.78 Å². The number of ether oxygens (including phenoxy) is 1. The van der Waals surface area contributed by atoms with Crippen LogP contribution in [0.3, 0.4) is 0 Å². The molecule has 0 aliphatic heterocycles. The van der Waals surface area contributed by atoms with Gasteiger partial charge in [-0.2, -0.15) is 0 Å². The number of halogens is 2. The van der Waals surface area contributed by atoms with Crippen molar-refractivity contribution in [3.63, 3.8) is 0 Å². The van der Waals surface area contributed by atoms with E-state index in [2.05, 4.69) is 10.3 Å². The van der Waals surface area contributed by atoms with Gasteiger partial charge < -0.3 is 15.8 Å². The first-order chi connectivity index (χ1) is 11.7. The highest BCUT2D eigenvalue weighted by molar-refractivity contribution is 5.91. The van der Waals surface area contributed by atoms with Crippen LogP contribution in [0.15, 0.2) is 48.8 Å². The molecule has 3 N–H and O–H groups in total. The number of benzene rings is 1. The summed E-state index contributed by atoms with van der Waals surface area (Å²) in [6, 6.07) is 11.4. The Kier molecular flexibility index (Phi) is 9.41. The molecule has 26 heavy (non-hydrogen) atoms. The van der Waals surface area contributed by atoms with Crippen LogP contribution in [0.25, 0.3) is 0 Å². The molecule has 0 radical (unpaired) electrons. The van der Waals surface area contributed by atoms with Crippen LogP contribution in [0.4, 0.5) is 5.69 Å². The molecule has 7 heteroatoms. The molecule has 2 aromatic rings. The number of carbonyl (C=O) groups excluding carboxylic acids is 1. The number of nitrogens with one attached hydrogen (secondary N) is 1. The van der Waals surface area contributed by atoms with Gasteiger partial charge in [0.25, 0.3) is 0 Å². The lowest BCUT2D eigenvalue weighted by molar-refractivity contribution is -0.117. The van der Waals surface area contributed by atoms with Gasteiger partial charge in [0.1, 0.15) is 12.4 Å². The Morgan fingerprint density at radius 1 is 1.23 bits per heavy atom. The van der Waals surface area contributed by atoms with Gasteiger partial charge in [0.15, 0.2) is 0 Å². The summed E-state index contributed by atoms with van der Waals surface area (Å²) in [5, 5.41) is 2.94. The second-order valence-electron chi connectivity index (χ2n) is 6.28. The number of pyridine rings is 1. The Morgan fingerprint density at radius 3 is 2.77 bits per heavy atom. The van der Waals surface area contributed by atoms with Gasteiger partial charge in [0.05, 0.1) is 0 Å². The third-order valence-electron chi connectivity index (χ3n) is 4.41. The second kappa shape index (κ2) is 11.0. The quantitative estimate of drug-likeness (QED) is 0.772. The standard InChI is InChI=1S/C19H23N3O2.2ClH/c20-18-8-1-5-15(18)10-19(23)22-16-6-2-7-17(11-16)24-13-14-4-3-9-21-12-14;;/h2-4,6-7,9,11-12,15,18H,1,5,8,10,13,20H2,(H,22,23);2*1H/t15-,18+;;/m0../s1. The Hall–Kier alpha value is -1.82. The first-order valence-corrected chi connectivity index (χ1v) is 8.38. The molecule has 5 nitrogen and oxygen atoms in total. The summed E-state index contributed by atoms with van der Waals surface area (Å²) in [5.74, 6) is 1.03. The highest BCUT2D eigenvalue weighted by Crippen LogP contribution is 2.27. The van der Waals surface area contributed by atoms with Gasteiger partial charge in [-0.1, -0.05) is 18.6 Å². The van der Waals surface area contributed by atoms with E-state index in [4.69, 9.17) is 10.5 Å². The van der Waals surface area contributed by atoms with E-state index in [0.717, 1.165) is 30.5 Å². The maximum Gasteiger partial charge on any atom is 0.224 e. The van der Waals surface area contributed by atoms with Crippen LogP contribution in [0.1, 0.15) is 31.2 Å². The number of aromatic nitrogens is 1. The van der Waals surface area contributed by atoms with Gasteiger partial charge >= 0.3 is 0 Å². The van der Waals surface area contributed by atoms with Crippen LogP contribution in [0.5, 0.6) is 5.75 Å². The summed E-state index contributed by atoms with van der Waals surface area (Å²) < 4.78 is 5.75. The summed E-state index contributed by atoms with van der Waals surface area (Å²) in [6.07, 6.45) is 7.18. The van der Waals surface area contributed by atoms with E-state index in [1.165, 1.54) is 0 Å². The van der Waals surface area contributed by atoms with Gasteiger partial charge in [-0.25, -0.2) is 0 Å². The summed E-state index contributed by atoms with van der Waals surface area (Å²) in [6.45, 7) is 0.447. The van der Waals surface area contributed by atoms with Crippen molar-refractivity contribution in [3.8, 4) is 5.75 Å². The van der Waals surface area contributed by atoms with Gasteiger partial charge in [-0.15, -0.1) is 24.8 Å². The highest BCUT2D eigenvalue weighted by Gasteiger charge is 2.25. The average molecular weight is 398 g/mol. The van der Waals surface area contributed by atoms with Gasteiger partial charge in [0.2, 0.25) is 5.91 Å². The SMILES string of the molecule is Cl.Cl.N[C@@H]1CCC[C@H]1CC(=O)Nc1cccc(OCc2cccnc2)c1. The molecule has 2 atom stereocenters. The van der Waals surface area contributed by atoms with E-state index in [-0.39, 0.29) is 36.8 Å². The van der Waals surface area contributed by atoms with Crippen molar-refractivity contribution >= 4 is 36.4 Å². The second-order valence-corrected chi connectivity index (χ2v) is 6.28. The van der Waals surface area contributed by atoms with E-state index < -0.39 is 0 Å². The van der Waals surface area contributed by atoms with E-state index in [1.807, 2.05) is 36.4 Å². The summed E-state index contributed by atoms with van der Waals surface area (Å²) in [4.78, 5) is 16.3. The normalized spacial score (nSPS) is 18.3. The number of nitrogens with zero attached hydrogens (tertiary/aromatic N) is 1. The van der Waals surface area contributed by atoms with E-state index >= 15 is 0 Å². The molecule has 1 heterocycles. The minimum Gasteiger partial charge on any atom is -0.489 e. The van der Waals surface area contributed by atoms with E-state index in [9.17, 15) is 4.79 Å². The lowest BCUT2D eigenvalue weighted by Crippen LogP contribution is -2.28.